The number of aromatic nitrogens is 1. The first kappa shape index (κ1) is 23.4. The van der Waals surface area contributed by atoms with Crippen LogP contribution >= 0.6 is 35.3 Å². The molecule has 0 saturated carbocycles. The van der Waals surface area contributed by atoms with Crippen molar-refractivity contribution in [1.29, 1.82) is 0 Å². The van der Waals surface area contributed by atoms with Crippen LogP contribution in [-0.2, 0) is 0 Å². The summed E-state index contributed by atoms with van der Waals surface area (Å²) < 4.78 is 6.42. The van der Waals surface area contributed by atoms with Gasteiger partial charge in [-0.3, -0.25) is 9.69 Å². The van der Waals surface area contributed by atoms with Crippen molar-refractivity contribution < 1.29 is 9.53 Å². The van der Waals surface area contributed by atoms with Gasteiger partial charge >= 0.3 is 0 Å². The van der Waals surface area contributed by atoms with Crippen LogP contribution in [0, 0.1) is 0 Å². The number of fused-ring (bicyclic) bond motifs is 1. The molecule has 0 radical (unpaired) electrons. The number of hydrogen-bond acceptors (Lipinski definition) is 5. The first-order valence-corrected chi connectivity index (χ1v) is 10.5. The molecule has 1 aromatic heterocycles. The van der Waals surface area contributed by atoms with Gasteiger partial charge in [0, 0.05) is 23.7 Å². The molecule has 0 N–H and O–H groups in total. The Morgan fingerprint density at radius 2 is 1.79 bits per heavy atom. The van der Waals surface area contributed by atoms with E-state index in [1.54, 1.807) is 36.3 Å². The first-order chi connectivity index (χ1) is 13.6. The Morgan fingerprint density at radius 3 is 2.41 bits per heavy atom. The predicted molar refractivity (Wildman–Crippen MR) is 124 cm³/mol. The number of amides is 1. The molecule has 1 amide bonds. The first-order valence-electron chi connectivity index (χ1n) is 9.30. The van der Waals surface area contributed by atoms with E-state index >= 15 is 0 Å². The maximum Gasteiger partial charge on any atom is 0.260 e. The molecule has 29 heavy (non-hydrogen) atoms. The molecule has 156 valence electrons. The van der Waals surface area contributed by atoms with E-state index in [9.17, 15) is 4.79 Å². The van der Waals surface area contributed by atoms with Crippen LogP contribution < -0.4 is 9.64 Å². The Balaban J connectivity index is 0.00000300. The summed E-state index contributed by atoms with van der Waals surface area (Å²) in [6.07, 6.45) is 0. The Bertz CT molecular complexity index is 943. The third-order valence-electron chi connectivity index (χ3n) is 4.69. The molecule has 5 nitrogen and oxygen atoms in total. The van der Waals surface area contributed by atoms with Crippen molar-refractivity contribution in [2.24, 2.45) is 0 Å². The summed E-state index contributed by atoms with van der Waals surface area (Å²) in [6, 6.07) is 12.8. The van der Waals surface area contributed by atoms with E-state index in [4.69, 9.17) is 21.3 Å². The highest BCUT2D eigenvalue weighted by Crippen LogP contribution is 2.34. The molecule has 0 aliphatic heterocycles. The molecule has 1 heterocycles. The molecule has 0 unspecified atom stereocenters. The van der Waals surface area contributed by atoms with Gasteiger partial charge in [-0.05, 0) is 49.5 Å². The zero-order valence-corrected chi connectivity index (χ0v) is 19.1. The topological polar surface area (TPSA) is 45.7 Å². The fraction of sp³-hybridized carbons (Fsp3) is 0.333. The van der Waals surface area contributed by atoms with E-state index in [1.165, 1.54) is 11.3 Å². The van der Waals surface area contributed by atoms with Crippen molar-refractivity contribution >= 4 is 56.6 Å². The van der Waals surface area contributed by atoms with Crippen LogP contribution in [0.25, 0.3) is 10.2 Å². The van der Waals surface area contributed by atoms with E-state index in [1.807, 2.05) is 18.2 Å². The molecule has 3 rings (SSSR count). The number of methoxy groups -OCH3 is 1. The summed E-state index contributed by atoms with van der Waals surface area (Å²) in [6.45, 7) is 7.46. The molecule has 0 fully saturated rings. The number of carbonyl (C=O) groups excluding carboxylic acids is 1. The second-order valence-electron chi connectivity index (χ2n) is 6.29. The Hall–Kier alpha value is -1.86. The highest BCUT2D eigenvalue weighted by molar-refractivity contribution is 7.22. The molecular weight excluding hydrogens is 429 g/mol. The third-order valence-corrected chi connectivity index (χ3v) is 5.99. The minimum absolute atomic E-state index is 0. The van der Waals surface area contributed by atoms with Crippen LogP contribution in [0.15, 0.2) is 42.5 Å². The fourth-order valence-electron chi connectivity index (χ4n) is 3.01. The Kier molecular flexibility index (Phi) is 8.71. The second-order valence-corrected chi connectivity index (χ2v) is 7.74. The number of hydrogen-bond donors (Lipinski definition) is 0. The Morgan fingerprint density at radius 1 is 1.10 bits per heavy atom. The summed E-state index contributed by atoms with van der Waals surface area (Å²) in [7, 11) is 1.63. The molecular formula is C21H25Cl2N3O2S. The van der Waals surface area contributed by atoms with Crippen molar-refractivity contribution in [3.05, 3.63) is 53.1 Å². The maximum absolute atomic E-state index is 13.3. The van der Waals surface area contributed by atoms with Crippen LogP contribution in [0.1, 0.15) is 24.2 Å². The number of thiazole rings is 1. The van der Waals surface area contributed by atoms with E-state index in [-0.39, 0.29) is 18.3 Å². The number of carbonyl (C=O) groups is 1. The molecule has 8 heteroatoms. The molecule has 3 aromatic rings. The molecule has 0 aliphatic carbocycles. The van der Waals surface area contributed by atoms with Crippen LogP contribution in [0.2, 0.25) is 5.02 Å². The standard InChI is InChI=1S/C21H24ClN3O2S.ClH/c1-4-24(5-2)13-14-25(20(26)15-9-11-16(22)12-10-15)21-23-19-17(27-3)7-6-8-18(19)28-21;/h6-12H,4-5,13-14H2,1-3H3;1H. The van der Waals surface area contributed by atoms with Gasteiger partial charge in [-0.2, -0.15) is 0 Å². The molecule has 0 saturated heterocycles. The quantitative estimate of drug-likeness (QED) is 0.459. The van der Waals surface area contributed by atoms with E-state index in [2.05, 4.69) is 18.7 Å². The van der Waals surface area contributed by atoms with Crippen LogP contribution in [0.5, 0.6) is 5.75 Å². The van der Waals surface area contributed by atoms with Gasteiger partial charge in [-0.25, -0.2) is 4.98 Å². The highest BCUT2D eigenvalue weighted by Gasteiger charge is 2.22. The lowest BCUT2D eigenvalue weighted by atomic mass is 10.2. The largest absolute Gasteiger partial charge is 0.494 e. The lowest BCUT2D eigenvalue weighted by Crippen LogP contribution is -2.38. The van der Waals surface area contributed by atoms with Gasteiger partial charge in [0.25, 0.3) is 5.91 Å². The second kappa shape index (κ2) is 10.8. The molecule has 0 aliphatic rings. The van der Waals surface area contributed by atoms with Gasteiger partial charge in [0.1, 0.15) is 11.3 Å². The summed E-state index contributed by atoms with van der Waals surface area (Å²) in [5, 5.41) is 1.28. The number of rotatable bonds is 8. The number of ether oxygens (including phenoxy) is 1. The van der Waals surface area contributed by atoms with Crippen molar-refractivity contribution in [3.63, 3.8) is 0 Å². The van der Waals surface area contributed by atoms with Gasteiger partial charge in [0.2, 0.25) is 0 Å². The summed E-state index contributed by atoms with van der Waals surface area (Å²) in [5.74, 6) is 0.629. The third kappa shape index (κ3) is 5.39. The number of likely N-dealkylation sites (N-methyl/N-ethyl adjacent to an activating group) is 1. The van der Waals surface area contributed by atoms with Gasteiger partial charge in [-0.15, -0.1) is 12.4 Å². The lowest BCUT2D eigenvalue weighted by molar-refractivity contribution is 0.0984. The van der Waals surface area contributed by atoms with Gasteiger partial charge < -0.3 is 9.64 Å². The monoisotopic (exact) mass is 453 g/mol. The molecule has 0 atom stereocenters. The minimum Gasteiger partial charge on any atom is -0.494 e. The Labute approximate surface area is 186 Å². The van der Waals surface area contributed by atoms with Crippen molar-refractivity contribution in [3.8, 4) is 5.75 Å². The van der Waals surface area contributed by atoms with Gasteiger partial charge in [0.05, 0.1) is 11.8 Å². The smallest absolute Gasteiger partial charge is 0.260 e. The maximum atomic E-state index is 13.3. The normalized spacial score (nSPS) is 10.8. The fourth-order valence-corrected chi connectivity index (χ4v) is 4.14. The highest BCUT2D eigenvalue weighted by atomic mass is 35.5. The SMILES string of the molecule is CCN(CC)CCN(C(=O)c1ccc(Cl)cc1)c1nc2c(OC)cccc2s1.Cl. The summed E-state index contributed by atoms with van der Waals surface area (Å²) >= 11 is 7.48. The molecule has 0 bridgehead atoms. The van der Waals surface area contributed by atoms with Crippen molar-refractivity contribution in [1.82, 2.24) is 9.88 Å². The van der Waals surface area contributed by atoms with E-state index < -0.39 is 0 Å². The van der Waals surface area contributed by atoms with Crippen LogP contribution in [0.3, 0.4) is 0 Å². The van der Waals surface area contributed by atoms with E-state index in [0.717, 1.165) is 29.9 Å². The average molecular weight is 454 g/mol. The van der Waals surface area contributed by atoms with Crippen molar-refractivity contribution in [2.45, 2.75) is 13.8 Å². The number of anilines is 1. The number of nitrogens with zero attached hydrogens (tertiary/aromatic N) is 3. The summed E-state index contributed by atoms with van der Waals surface area (Å²) in [4.78, 5) is 22.1. The van der Waals surface area contributed by atoms with Gasteiger partial charge in [0.15, 0.2) is 5.13 Å². The van der Waals surface area contributed by atoms with Gasteiger partial charge in [-0.1, -0.05) is 42.9 Å². The number of para-hydroxylation sites is 1. The predicted octanol–water partition coefficient (Wildman–Crippen LogP) is 5.37. The zero-order valence-electron chi connectivity index (χ0n) is 16.7. The van der Waals surface area contributed by atoms with E-state index in [0.29, 0.717) is 28.0 Å². The number of benzene rings is 2. The molecule has 0 spiro atoms. The van der Waals surface area contributed by atoms with Crippen LogP contribution in [-0.4, -0.2) is 49.1 Å². The lowest BCUT2D eigenvalue weighted by Gasteiger charge is -2.24. The zero-order chi connectivity index (χ0) is 20.1. The number of halogens is 2. The van der Waals surface area contributed by atoms with Crippen molar-refractivity contribution in [2.75, 3.05) is 38.2 Å². The average Bonchev–Trinajstić information content (AvgIpc) is 3.15. The van der Waals surface area contributed by atoms with Crippen LogP contribution in [0.4, 0.5) is 5.13 Å². The molecule has 2 aromatic carbocycles. The summed E-state index contributed by atoms with van der Waals surface area (Å²) in [5.41, 5.74) is 1.37. The minimum atomic E-state index is -0.0816.